The van der Waals surface area contributed by atoms with Gasteiger partial charge in [-0.25, -0.2) is 12.7 Å². The normalized spacial score (nSPS) is 41.6. The van der Waals surface area contributed by atoms with Crippen molar-refractivity contribution in [3.8, 4) is 0 Å². The minimum absolute atomic E-state index is 0.0275. The minimum atomic E-state index is -3.57. The monoisotopic (exact) mass is 394 g/mol. The number of rotatable bonds is 2. The van der Waals surface area contributed by atoms with Crippen LogP contribution in [-0.2, 0) is 19.6 Å². The highest BCUT2D eigenvalue weighted by molar-refractivity contribution is 7.90. The van der Waals surface area contributed by atoms with Gasteiger partial charge in [0.1, 0.15) is 0 Å². The highest BCUT2D eigenvalue weighted by Gasteiger charge is 2.72. The number of amides is 2. The van der Waals surface area contributed by atoms with Crippen molar-refractivity contribution in [2.45, 2.75) is 64.8 Å². The van der Waals surface area contributed by atoms with Crippen molar-refractivity contribution in [1.29, 1.82) is 0 Å². The largest absolute Gasteiger partial charge is 0.342 e. The zero-order valence-corrected chi connectivity index (χ0v) is 17.1. The van der Waals surface area contributed by atoms with E-state index in [9.17, 15) is 18.0 Å². The lowest BCUT2D eigenvalue weighted by atomic mass is 9.69. The third-order valence-electron chi connectivity index (χ3n) is 8.64. The number of fused-ring (bicyclic) bond motifs is 1. The Bertz CT molecular complexity index is 803. The summed E-state index contributed by atoms with van der Waals surface area (Å²) in [7, 11) is -3.57. The lowest BCUT2D eigenvalue weighted by Gasteiger charge is -2.38. The molecule has 6 nitrogen and oxygen atoms in total. The molecule has 4 atom stereocenters. The average molecular weight is 395 g/mol. The molecule has 2 aliphatic heterocycles. The predicted octanol–water partition coefficient (Wildman–Crippen LogP) is 2.00. The molecular weight excluding hydrogens is 364 g/mol. The van der Waals surface area contributed by atoms with E-state index in [1.165, 1.54) is 4.31 Å². The molecule has 0 aromatic heterocycles. The van der Waals surface area contributed by atoms with E-state index >= 15 is 0 Å². The summed E-state index contributed by atoms with van der Waals surface area (Å²) >= 11 is 0. The van der Waals surface area contributed by atoms with Crippen molar-refractivity contribution in [3.05, 3.63) is 0 Å². The number of hydrogen-bond acceptors (Lipinski definition) is 4. The van der Waals surface area contributed by atoms with Crippen LogP contribution in [0.25, 0.3) is 0 Å². The molecule has 5 aliphatic rings. The Hall–Kier alpha value is -1.11. The number of carbonyl (C=O) groups is 2. The molecule has 2 heterocycles. The van der Waals surface area contributed by atoms with E-state index in [0.29, 0.717) is 25.4 Å². The molecule has 2 bridgehead atoms. The van der Waals surface area contributed by atoms with E-state index in [0.717, 1.165) is 38.5 Å². The number of sulfonamides is 1. The summed E-state index contributed by atoms with van der Waals surface area (Å²) in [4.78, 5) is 27.6. The summed E-state index contributed by atoms with van der Waals surface area (Å²) in [5, 5.41) is 0. The number of nitrogens with zero attached hydrogens (tertiary/aromatic N) is 2. The van der Waals surface area contributed by atoms with Gasteiger partial charge in [0.2, 0.25) is 21.8 Å². The van der Waals surface area contributed by atoms with Crippen LogP contribution in [0, 0.1) is 28.6 Å². The molecule has 3 saturated carbocycles. The maximum absolute atomic E-state index is 13.4. The maximum atomic E-state index is 13.4. The van der Waals surface area contributed by atoms with Gasteiger partial charge in [0.25, 0.3) is 0 Å². The lowest BCUT2D eigenvalue weighted by Crippen LogP contribution is -2.50. The molecule has 5 rings (SSSR count). The molecule has 7 heteroatoms. The summed E-state index contributed by atoms with van der Waals surface area (Å²) < 4.78 is 27.5. The summed E-state index contributed by atoms with van der Waals surface area (Å²) in [5.74, 6) is 0.324. The fourth-order valence-electron chi connectivity index (χ4n) is 6.73. The van der Waals surface area contributed by atoms with Crippen LogP contribution in [0.15, 0.2) is 0 Å². The van der Waals surface area contributed by atoms with E-state index in [1.54, 1.807) is 0 Å². The zero-order valence-electron chi connectivity index (χ0n) is 16.3. The van der Waals surface area contributed by atoms with Gasteiger partial charge in [-0.2, -0.15) is 0 Å². The van der Waals surface area contributed by atoms with Gasteiger partial charge < -0.3 is 4.90 Å². The summed E-state index contributed by atoms with van der Waals surface area (Å²) in [6, 6.07) is -0.168. The smallest absolute Gasteiger partial charge is 0.241 e. The zero-order chi connectivity index (χ0) is 19.2. The van der Waals surface area contributed by atoms with E-state index in [2.05, 4.69) is 13.8 Å². The van der Waals surface area contributed by atoms with Crippen molar-refractivity contribution in [1.82, 2.24) is 9.21 Å². The first kappa shape index (κ1) is 18.0. The van der Waals surface area contributed by atoms with Gasteiger partial charge in [0.15, 0.2) is 0 Å². The molecule has 3 aliphatic carbocycles. The average Bonchev–Trinajstić information content (AvgIpc) is 3.36. The number of carbonyl (C=O) groups excluding carboxylic acids is 2. The first-order valence-corrected chi connectivity index (χ1v) is 12.1. The van der Waals surface area contributed by atoms with Gasteiger partial charge in [-0.1, -0.05) is 13.8 Å². The van der Waals surface area contributed by atoms with Crippen LogP contribution in [-0.4, -0.2) is 54.3 Å². The highest BCUT2D eigenvalue weighted by Crippen LogP contribution is 2.70. The fourth-order valence-corrected chi connectivity index (χ4v) is 9.32. The van der Waals surface area contributed by atoms with Crippen molar-refractivity contribution in [3.63, 3.8) is 0 Å². The molecule has 2 amide bonds. The Balaban J connectivity index is 1.41. The highest BCUT2D eigenvalue weighted by atomic mass is 32.2. The van der Waals surface area contributed by atoms with E-state index in [1.807, 2.05) is 4.90 Å². The summed E-state index contributed by atoms with van der Waals surface area (Å²) in [6.45, 7) is 5.50. The molecule has 5 fully saturated rings. The Kier molecular flexibility index (Phi) is 3.65. The van der Waals surface area contributed by atoms with Gasteiger partial charge in [0.05, 0.1) is 17.7 Å². The van der Waals surface area contributed by atoms with Crippen LogP contribution in [0.3, 0.4) is 0 Å². The molecular formula is C20H30N2O4S. The standard InChI is InChI=1S/C20H30N2O4S/c1-19(2)15-7-8-20(19)12-27(25,26)22(16(20)10-15)18(24)14-4-3-9-21(11-14)17(23)13-5-6-13/h13-16H,3-12H2,1-2H3/t14-,15-,16-,20-/m1/s1. The van der Waals surface area contributed by atoms with Crippen LogP contribution < -0.4 is 0 Å². The lowest BCUT2D eigenvalue weighted by molar-refractivity contribution is -0.140. The van der Waals surface area contributed by atoms with Crippen molar-refractivity contribution >= 4 is 21.8 Å². The molecule has 0 N–H and O–H groups in total. The summed E-state index contributed by atoms with van der Waals surface area (Å²) in [5.41, 5.74) is -0.301. The van der Waals surface area contributed by atoms with Crippen LogP contribution in [0.1, 0.15) is 58.8 Å². The third-order valence-corrected chi connectivity index (χ3v) is 10.6. The Morgan fingerprint density at radius 3 is 2.41 bits per heavy atom. The van der Waals surface area contributed by atoms with Crippen LogP contribution in [0.5, 0.6) is 0 Å². The molecule has 0 unspecified atom stereocenters. The van der Waals surface area contributed by atoms with Crippen LogP contribution in [0.2, 0.25) is 0 Å². The molecule has 150 valence electrons. The van der Waals surface area contributed by atoms with E-state index < -0.39 is 10.0 Å². The number of likely N-dealkylation sites (tertiary alicyclic amines) is 1. The van der Waals surface area contributed by atoms with Crippen molar-refractivity contribution < 1.29 is 18.0 Å². The van der Waals surface area contributed by atoms with E-state index in [-0.39, 0.29) is 46.3 Å². The first-order valence-electron chi connectivity index (χ1n) is 10.5. The topological polar surface area (TPSA) is 74.8 Å². The summed E-state index contributed by atoms with van der Waals surface area (Å²) in [6.07, 6.45) is 6.18. The SMILES string of the molecule is CC1(C)[C@@H]2CC[C@]13CS(=O)(=O)N(C(=O)[C@@H]1CCCN(C(=O)C4CC4)C1)[C@@H]3C2. The Morgan fingerprint density at radius 2 is 1.74 bits per heavy atom. The molecule has 0 aromatic rings. The Morgan fingerprint density at radius 1 is 1.00 bits per heavy atom. The quantitative estimate of drug-likeness (QED) is 0.718. The number of piperidine rings is 1. The van der Waals surface area contributed by atoms with Gasteiger partial charge in [-0.05, 0) is 56.3 Å². The second kappa shape index (κ2) is 5.49. The Labute approximate surface area is 161 Å². The van der Waals surface area contributed by atoms with E-state index in [4.69, 9.17) is 0 Å². The van der Waals surface area contributed by atoms with Crippen molar-refractivity contribution in [2.75, 3.05) is 18.8 Å². The number of hydrogen-bond donors (Lipinski definition) is 0. The fraction of sp³-hybridized carbons (Fsp3) is 0.900. The second-order valence-electron chi connectivity index (χ2n) is 10.2. The maximum Gasteiger partial charge on any atom is 0.241 e. The second-order valence-corrected chi connectivity index (χ2v) is 12.0. The van der Waals surface area contributed by atoms with Gasteiger partial charge in [-0.3, -0.25) is 9.59 Å². The van der Waals surface area contributed by atoms with Crippen LogP contribution in [0.4, 0.5) is 0 Å². The van der Waals surface area contributed by atoms with Gasteiger partial charge in [0, 0.05) is 24.4 Å². The molecule has 0 radical (unpaired) electrons. The van der Waals surface area contributed by atoms with Gasteiger partial charge >= 0.3 is 0 Å². The third kappa shape index (κ3) is 2.33. The van der Waals surface area contributed by atoms with Gasteiger partial charge in [-0.15, -0.1) is 0 Å². The predicted molar refractivity (Wildman–Crippen MR) is 100 cm³/mol. The minimum Gasteiger partial charge on any atom is -0.342 e. The molecule has 2 saturated heterocycles. The molecule has 27 heavy (non-hydrogen) atoms. The first-order chi connectivity index (χ1) is 12.7. The van der Waals surface area contributed by atoms with Crippen LogP contribution >= 0.6 is 0 Å². The molecule has 0 aromatic carbocycles. The molecule has 1 spiro atoms. The van der Waals surface area contributed by atoms with Crippen molar-refractivity contribution in [2.24, 2.45) is 28.6 Å².